The molecule has 9 heteroatoms. The number of hydrogen-bond acceptors (Lipinski definition) is 5. The Balaban J connectivity index is 1.34. The van der Waals surface area contributed by atoms with Gasteiger partial charge >= 0.3 is 5.97 Å². The maximum absolute atomic E-state index is 13.9. The number of hydrogen-bond donors (Lipinski definition) is 0. The lowest BCUT2D eigenvalue weighted by Gasteiger charge is -2.24. The highest BCUT2D eigenvalue weighted by Gasteiger charge is 2.35. The summed E-state index contributed by atoms with van der Waals surface area (Å²) in [5.74, 6) is 0.139. The van der Waals surface area contributed by atoms with Gasteiger partial charge in [-0.1, -0.05) is 36.7 Å². The standard InChI is InChI=1S/C38H42ClFN4O3/c1-4-30-34-33-29(39)18-17-28-27(12-10-22-47-32-14-8-11-24-23-25(40)15-16-26(24)32)37(38(45)46-5-2)44(36(28)33)21-7-6-19-43-20-9-13-31(43)35(34)41-42(30)3/h8,11,14-18,23,31H,4-7,9-10,12-13,19-22H2,1-3H3. The van der Waals surface area contributed by atoms with Crippen LogP contribution in [0, 0.1) is 5.82 Å². The van der Waals surface area contributed by atoms with E-state index in [1.807, 2.05) is 42.9 Å². The Hall–Kier alpha value is -3.88. The number of ether oxygens (including phenoxy) is 2. The van der Waals surface area contributed by atoms with E-state index in [1.165, 1.54) is 12.1 Å². The SMILES string of the molecule is CCOC(=O)c1c(CCCOc2cccc3cc(F)ccc23)c2ccc(Cl)c3c2n1CCCCN1CCCC1c1nn(C)c(CC)c1-3. The average Bonchev–Trinajstić information content (AvgIpc) is 3.74. The summed E-state index contributed by atoms with van der Waals surface area (Å²) in [5.41, 5.74) is 6.87. The summed E-state index contributed by atoms with van der Waals surface area (Å²) >= 11 is 7.21. The van der Waals surface area contributed by atoms with Crippen molar-refractivity contribution in [3.05, 3.63) is 82.0 Å². The third-order valence-electron chi connectivity index (χ3n) is 9.91. The zero-order valence-corrected chi connectivity index (χ0v) is 28.2. The van der Waals surface area contributed by atoms with Gasteiger partial charge in [0.1, 0.15) is 17.3 Å². The van der Waals surface area contributed by atoms with Crippen LogP contribution in [0.3, 0.4) is 0 Å². The molecule has 4 heterocycles. The zero-order valence-electron chi connectivity index (χ0n) is 27.5. The van der Waals surface area contributed by atoms with Crippen LogP contribution >= 0.6 is 11.6 Å². The van der Waals surface area contributed by atoms with E-state index < -0.39 is 0 Å². The van der Waals surface area contributed by atoms with E-state index >= 15 is 0 Å². The van der Waals surface area contributed by atoms with Crippen molar-refractivity contribution in [2.75, 3.05) is 26.3 Å². The van der Waals surface area contributed by atoms with Crippen LogP contribution in [-0.4, -0.2) is 51.5 Å². The van der Waals surface area contributed by atoms with Gasteiger partial charge in [-0.05, 0) is 106 Å². The maximum atomic E-state index is 13.9. The van der Waals surface area contributed by atoms with E-state index in [4.69, 9.17) is 26.2 Å². The van der Waals surface area contributed by atoms with E-state index in [0.29, 0.717) is 43.3 Å². The van der Waals surface area contributed by atoms with Crippen molar-refractivity contribution in [2.45, 2.75) is 71.4 Å². The first-order valence-electron chi connectivity index (χ1n) is 17.0. The van der Waals surface area contributed by atoms with Crippen molar-refractivity contribution in [2.24, 2.45) is 7.05 Å². The molecule has 2 aromatic heterocycles. The molecule has 7 nitrogen and oxygen atoms in total. The van der Waals surface area contributed by atoms with Crippen LogP contribution in [-0.2, 0) is 31.2 Å². The Morgan fingerprint density at radius 2 is 1.83 bits per heavy atom. The predicted octanol–water partition coefficient (Wildman–Crippen LogP) is 8.67. The summed E-state index contributed by atoms with van der Waals surface area (Å²) in [4.78, 5) is 16.4. The predicted molar refractivity (Wildman–Crippen MR) is 185 cm³/mol. The van der Waals surface area contributed by atoms with Crippen molar-refractivity contribution in [1.29, 1.82) is 0 Å². The topological polar surface area (TPSA) is 61.5 Å². The first-order valence-corrected chi connectivity index (χ1v) is 17.4. The lowest BCUT2D eigenvalue weighted by Crippen LogP contribution is -2.25. The lowest BCUT2D eigenvalue weighted by atomic mass is 9.94. The number of esters is 1. The third kappa shape index (κ3) is 5.69. The summed E-state index contributed by atoms with van der Waals surface area (Å²) in [6.45, 7) is 7.51. The first-order chi connectivity index (χ1) is 22.9. The van der Waals surface area contributed by atoms with Crippen LogP contribution in [0.15, 0.2) is 48.5 Å². The zero-order chi connectivity index (χ0) is 32.7. The number of benzene rings is 3. The molecule has 7 rings (SSSR count). The normalized spacial score (nSPS) is 16.7. The minimum atomic E-state index is -0.310. The van der Waals surface area contributed by atoms with Crippen LogP contribution in [0.5, 0.6) is 5.75 Å². The van der Waals surface area contributed by atoms with Gasteiger partial charge in [-0.15, -0.1) is 0 Å². The van der Waals surface area contributed by atoms with Gasteiger partial charge in [-0.2, -0.15) is 5.10 Å². The van der Waals surface area contributed by atoms with E-state index in [-0.39, 0.29) is 17.8 Å². The second-order valence-electron chi connectivity index (χ2n) is 12.7. The molecule has 2 aliphatic heterocycles. The molecule has 0 bridgehead atoms. The summed E-state index contributed by atoms with van der Waals surface area (Å²) in [5, 5.41) is 8.52. The van der Waals surface area contributed by atoms with E-state index in [2.05, 4.69) is 22.5 Å². The Labute approximate surface area is 280 Å². The van der Waals surface area contributed by atoms with Gasteiger partial charge in [0.05, 0.1) is 35.5 Å². The van der Waals surface area contributed by atoms with E-state index in [1.54, 1.807) is 6.07 Å². The highest BCUT2D eigenvalue weighted by molar-refractivity contribution is 6.35. The number of aryl methyl sites for hydroxylation is 3. The van der Waals surface area contributed by atoms with Crippen molar-refractivity contribution >= 4 is 39.2 Å². The number of aromatic nitrogens is 3. The van der Waals surface area contributed by atoms with Gasteiger partial charge in [-0.3, -0.25) is 9.58 Å². The van der Waals surface area contributed by atoms with Gasteiger partial charge < -0.3 is 14.0 Å². The second kappa shape index (κ2) is 13.3. The smallest absolute Gasteiger partial charge is 0.355 e. The second-order valence-corrected chi connectivity index (χ2v) is 13.1. The largest absolute Gasteiger partial charge is 0.493 e. The van der Waals surface area contributed by atoms with Gasteiger partial charge in [0.25, 0.3) is 0 Å². The van der Waals surface area contributed by atoms with Crippen molar-refractivity contribution in [3.8, 4) is 16.9 Å². The molecule has 1 fully saturated rings. The van der Waals surface area contributed by atoms with Crippen LogP contribution in [0.4, 0.5) is 4.39 Å². The highest BCUT2D eigenvalue weighted by Crippen LogP contribution is 2.46. The third-order valence-corrected chi connectivity index (χ3v) is 10.2. The van der Waals surface area contributed by atoms with Crippen LogP contribution < -0.4 is 4.74 Å². The van der Waals surface area contributed by atoms with Crippen molar-refractivity contribution in [1.82, 2.24) is 19.2 Å². The monoisotopic (exact) mass is 656 g/mol. The lowest BCUT2D eigenvalue weighted by molar-refractivity contribution is 0.0512. The van der Waals surface area contributed by atoms with Gasteiger partial charge in [0.2, 0.25) is 0 Å². The summed E-state index contributed by atoms with van der Waals surface area (Å²) < 4.78 is 30.0. The molecule has 246 valence electrons. The molecule has 0 spiro atoms. The Kier molecular flexibility index (Phi) is 8.99. The number of carbonyl (C=O) groups excluding carboxylic acids is 1. The molecule has 3 aromatic carbocycles. The Morgan fingerprint density at radius 3 is 2.66 bits per heavy atom. The van der Waals surface area contributed by atoms with E-state index in [9.17, 15) is 9.18 Å². The number of nitrogens with zero attached hydrogens (tertiary/aromatic N) is 4. The van der Waals surface area contributed by atoms with Crippen molar-refractivity contribution in [3.63, 3.8) is 0 Å². The molecule has 1 saturated heterocycles. The van der Waals surface area contributed by atoms with Crippen LogP contribution in [0.25, 0.3) is 32.8 Å². The number of halogens is 2. The van der Waals surface area contributed by atoms with Gasteiger partial charge in [0.15, 0.2) is 0 Å². The van der Waals surface area contributed by atoms with Crippen LogP contribution in [0.2, 0.25) is 5.02 Å². The minimum Gasteiger partial charge on any atom is -0.493 e. The molecule has 2 aliphatic rings. The fourth-order valence-corrected chi connectivity index (χ4v) is 8.15. The van der Waals surface area contributed by atoms with Gasteiger partial charge in [-0.25, -0.2) is 9.18 Å². The minimum absolute atomic E-state index is 0.246. The first kappa shape index (κ1) is 31.7. The summed E-state index contributed by atoms with van der Waals surface area (Å²) in [6, 6.07) is 14.7. The molecule has 0 amide bonds. The molecule has 1 unspecified atom stereocenters. The van der Waals surface area contributed by atoms with Gasteiger partial charge in [0, 0.05) is 41.2 Å². The molecule has 0 N–H and O–H groups in total. The van der Waals surface area contributed by atoms with E-state index in [0.717, 1.165) is 101 Å². The maximum Gasteiger partial charge on any atom is 0.355 e. The Morgan fingerprint density at radius 1 is 1.02 bits per heavy atom. The number of fused-ring (bicyclic) bond motifs is 5. The number of carbonyl (C=O) groups is 1. The van der Waals surface area contributed by atoms with Crippen molar-refractivity contribution < 1.29 is 18.7 Å². The number of rotatable bonds is 8. The fourth-order valence-electron chi connectivity index (χ4n) is 7.90. The summed E-state index contributed by atoms with van der Waals surface area (Å²) in [7, 11) is 2.03. The molecule has 0 radical (unpaired) electrons. The molecule has 1 atom stereocenters. The Bertz CT molecular complexity index is 1960. The molecule has 47 heavy (non-hydrogen) atoms. The fraction of sp³-hybridized carbons (Fsp3) is 0.421. The highest BCUT2D eigenvalue weighted by atomic mass is 35.5. The molecular weight excluding hydrogens is 615 g/mol. The quantitative estimate of drug-likeness (QED) is 0.124. The average molecular weight is 657 g/mol. The van der Waals surface area contributed by atoms with Crippen LogP contribution in [0.1, 0.15) is 79.4 Å². The molecule has 0 saturated carbocycles. The summed E-state index contributed by atoms with van der Waals surface area (Å²) in [6.07, 6.45) is 6.30. The molecule has 5 aromatic rings. The molecule has 0 aliphatic carbocycles. The molecular formula is C38H42ClFN4O3.